The second-order valence-electron chi connectivity index (χ2n) is 6.89. The first-order valence-corrected chi connectivity index (χ1v) is 10.6. The van der Waals surface area contributed by atoms with Crippen LogP contribution in [0.2, 0.25) is 0 Å². The molecule has 142 valence electrons. The molecule has 1 aliphatic carbocycles. The van der Waals surface area contributed by atoms with Crippen molar-refractivity contribution in [1.82, 2.24) is 15.8 Å². The molecule has 2 rings (SSSR count). The Hall–Kier alpha value is -1.37. The van der Waals surface area contributed by atoms with E-state index in [1.54, 1.807) is 7.05 Å². The fraction of sp³-hybridized carbons (Fsp3) is 0.778. The summed E-state index contributed by atoms with van der Waals surface area (Å²) < 4.78 is 17.4. The van der Waals surface area contributed by atoms with Crippen molar-refractivity contribution in [2.24, 2.45) is 4.99 Å². The van der Waals surface area contributed by atoms with Crippen LogP contribution in [0.5, 0.6) is 0 Å². The molecule has 0 radical (unpaired) electrons. The number of hydrogen-bond donors (Lipinski definition) is 2. The highest BCUT2D eigenvalue weighted by atomic mass is 32.2. The van der Waals surface area contributed by atoms with Crippen LogP contribution in [0.4, 0.5) is 0 Å². The van der Waals surface area contributed by atoms with Crippen LogP contribution in [0.25, 0.3) is 0 Å². The molecule has 7 heteroatoms. The molecule has 1 aromatic heterocycles. The van der Waals surface area contributed by atoms with Crippen LogP contribution < -0.4 is 10.6 Å². The summed E-state index contributed by atoms with van der Waals surface area (Å²) in [5.41, 5.74) is 2.12. The Morgan fingerprint density at radius 3 is 2.80 bits per heavy atom. The molecule has 1 aliphatic rings. The Morgan fingerprint density at radius 2 is 2.20 bits per heavy atom. The highest BCUT2D eigenvalue weighted by Gasteiger charge is 2.26. The summed E-state index contributed by atoms with van der Waals surface area (Å²) in [6.45, 7) is 8.86. The molecule has 1 saturated carbocycles. The first-order chi connectivity index (χ1) is 12.0. The molecule has 4 unspecified atom stereocenters. The Bertz CT molecular complexity index is 595. The van der Waals surface area contributed by atoms with E-state index in [1.165, 1.54) is 5.56 Å². The normalized spacial score (nSPS) is 24.0. The molecular formula is C18H32N4O2S. The molecule has 25 heavy (non-hydrogen) atoms. The maximum atomic E-state index is 12.1. The van der Waals surface area contributed by atoms with Crippen molar-refractivity contribution in [3.05, 3.63) is 17.0 Å². The van der Waals surface area contributed by atoms with Gasteiger partial charge in [-0.05, 0) is 33.1 Å². The number of nitrogens with zero attached hydrogens (tertiary/aromatic N) is 2. The summed E-state index contributed by atoms with van der Waals surface area (Å²) in [5, 5.41) is 11.3. The lowest BCUT2D eigenvalue weighted by atomic mass is 9.95. The Balaban J connectivity index is 1.87. The van der Waals surface area contributed by atoms with Gasteiger partial charge in [-0.3, -0.25) is 9.20 Å². The lowest BCUT2D eigenvalue weighted by Crippen LogP contribution is -2.47. The van der Waals surface area contributed by atoms with Gasteiger partial charge in [0, 0.05) is 52.9 Å². The van der Waals surface area contributed by atoms with E-state index in [9.17, 15) is 4.21 Å². The highest BCUT2D eigenvalue weighted by molar-refractivity contribution is 7.85. The van der Waals surface area contributed by atoms with E-state index in [1.807, 2.05) is 20.8 Å². The minimum Gasteiger partial charge on any atom is -0.361 e. The van der Waals surface area contributed by atoms with Gasteiger partial charge in [-0.1, -0.05) is 25.4 Å². The van der Waals surface area contributed by atoms with Crippen LogP contribution in [0, 0.1) is 13.8 Å². The third kappa shape index (κ3) is 5.30. The fourth-order valence-electron chi connectivity index (χ4n) is 3.68. The number of aryl methyl sites for hydroxylation is 2. The lowest BCUT2D eigenvalue weighted by molar-refractivity contribution is 0.391. The van der Waals surface area contributed by atoms with E-state index in [0.717, 1.165) is 55.4 Å². The zero-order chi connectivity index (χ0) is 18.4. The number of aliphatic imine (C=N–C) groups is 1. The maximum absolute atomic E-state index is 12.1. The van der Waals surface area contributed by atoms with E-state index in [-0.39, 0.29) is 5.92 Å². The topological polar surface area (TPSA) is 79.5 Å². The van der Waals surface area contributed by atoms with Crippen molar-refractivity contribution in [1.29, 1.82) is 0 Å². The van der Waals surface area contributed by atoms with Crippen molar-refractivity contribution < 1.29 is 8.73 Å². The van der Waals surface area contributed by atoms with Crippen LogP contribution in [0.15, 0.2) is 9.52 Å². The number of aromatic nitrogens is 1. The fourth-order valence-corrected chi connectivity index (χ4v) is 5.03. The summed E-state index contributed by atoms with van der Waals surface area (Å²) in [6.07, 6.45) is 4.27. The second kappa shape index (κ2) is 9.36. The van der Waals surface area contributed by atoms with Gasteiger partial charge in [-0.15, -0.1) is 0 Å². The number of nitrogens with one attached hydrogen (secondary N) is 2. The van der Waals surface area contributed by atoms with Gasteiger partial charge in [-0.2, -0.15) is 0 Å². The SMILES string of the molecule is CCS(=O)C1CCCC(NC(=NC)NCC(C)c2c(C)noc2C)C1. The van der Waals surface area contributed by atoms with Gasteiger partial charge in [0.25, 0.3) is 0 Å². The molecule has 0 aromatic carbocycles. The number of hydrogen-bond acceptors (Lipinski definition) is 4. The Labute approximate surface area is 153 Å². The number of rotatable bonds is 6. The first kappa shape index (κ1) is 19.9. The Morgan fingerprint density at radius 1 is 1.44 bits per heavy atom. The Kier molecular flexibility index (Phi) is 7.47. The third-order valence-corrected chi connectivity index (χ3v) is 6.74. The minimum atomic E-state index is -0.705. The molecule has 1 aromatic rings. The smallest absolute Gasteiger partial charge is 0.191 e. The van der Waals surface area contributed by atoms with Crippen molar-refractivity contribution in [2.45, 2.75) is 70.6 Å². The van der Waals surface area contributed by atoms with Gasteiger partial charge < -0.3 is 15.2 Å². The van der Waals surface area contributed by atoms with Gasteiger partial charge in [0.05, 0.1) is 5.69 Å². The third-order valence-electron chi connectivity index (χ3n) is 5.00. The zero-order valence-corrected chi connectivity index (χ0v) is 16.9. The minimum absolute atomic E-state index is 0.288. The first-order valence-electron chi connectivity index (χ1n) is 9.23. The summed E-state index contributed by atoms with van der Waals surface area (Å²) in [7, 11) is 1.09. The van der Waals surface area contributed by atoms with Crippen LogP contribution in [-0.4, -0.2) is 46.0 Å². The largest absolute Gasteiger partial charge is 0.361 e. The maximum Gasteiger partial charge on any atom is 0.191 e. The predicted molar refractivity (Wildman–Crippen MR) is 104 cm³/mol. The summed E-state index contributed by atoms with van der Waals surface area (Å²) >= 11 is 0. The highest BCUT2D eigenvalue weighted by Crippen LogP contribution is 2.24. The van der Waals surface area contributed by atoms with Crippen molar-refractivity contribution >= 4 is 16.8 Å². The molecule has 0 amide bonds. The predicted octanol–water partition coefficient (Wildman–Crippen LogP) is 2.64. The molecule has 6 nitrogen and oxygen atoms in total. The molecule has 2 N–H and O–H groups in total. The van der Waals surface area contributed by atoms with E-state index in [2.05, 4.69) is 27.7 Å². The van der Waals surface area contributed by atoms with E-state index in [0.29, 0.717) is 11.3 Å². The van der Waals surface area contributed by atoms with Crippen molar-refractivity contribution in [3.63, 3.8) is 0 Å². The molecule has 0 saturated heterocycles. The van der Waals surface area contributed by atoms with Gasteiger partial charge in [-0.25, -0.2) is 0 Å². The molecule has 0 aliphatic heterocycles. The van der Waals surface area contributed by atoms with Gasteiger partial charge in [0.1, 0.15) is 5.76 Å². The summed E-state index contributed by atoms with van der Waals surface area (Å²) in [5.74, 6) is 2.73. The van der Waals surface area contributed by atoms with Gasteiger partial charge in [0.2, 0.25) is 0 Å². The van der Waals surface area contributed by atoms with Gasteiger partial charge >= 0.3 is 0 Å². The van der Waals surface area contributed by atoms with Crippen molar-refractivity contribution in [2.75, 3.05) is 19.3 Å². The van der Waals surface area contributed by atoms with Crippen LogP contribution in [0.3, 0.4) is 0 Å². The quantitative estimate of drug-likeness (QED) is 0.596. The van der Waals surface area contributed by atoms with E-state index in [4.69, 9.17) is 4.52 Å². The van der Waals surface area contributed by atoms with Crippen LogP contribution >= 0.6 is 0 Å². The second-order valence-corrected chi connectivity index (χ2v) is 8.90. The summed E-state index contributed by atoms with van der Waals surface area (Å²) in [6, 6.07) is 0.342. The monoisotopic (exact) mass is 368 g/mol. The van der Waals surface area contributed by atoms with Crippen LogP contribution in [-0.2, 0) is 10.8 Å². The molecule has 1 heterocycles. The van der Waals surface area contributed by atoms with E-state index >= 15 is 0 Å². The van der Waals surface area contributed by atoms with Crippen molar-refractivity contribution in [3.8, 4) is 0 Å². The van der Waals surface area contributed by atoms with E-state index < -0.39 is 10.8 Å². The molecule has 1 fully saturated rings. The standard InChI is InChI=1S/C18H32N4O2S/c1-6-25(23)16-9-7-8-15(10-16)21-18(19-5)20-11-12(2)17-13(3)22-24-14(17)4/h12,15-16H,6-11H2,1-5H3,(H2,19,20,21). The molecule has 4 atom stereocenters. The van der Waals surface area contributed by atoms with Crippen LogP contribution in [0.1, 0.15) is 62.5 Å². The molecule has 0 spiro atoms. The average Bonchev–Trinajstić information content (AvgIpc) is 2.96. The lowest BCUT2D eigenvalue weighted by Gasteiger charge is -2.30. The molecular weight excluding hydrogens is 336 g/mol. The van der Waals surface area contributed by atoms with Gasteiger partial charge in [0.15, 0.2) is 5.96 Å². The number of guanidine groups is 1. The summed E-state index contributed by atoms with van der Waals surface area (Å²) in [4.78, 5) is 4.35. The average molecular weight is 369 g/mol. The molecule has 0 bridgehead atoms. The zero-order valence-electron chi connectivity index (χ0n) is 16.1.